The minimum atomic E-state index is 0.322. The maximum absolute atomic E-state index is 5.15. The summed E-state index contributed by atoms with van der Waals surface area (Å²) >= 11 is 5.15. The van der Waals surface area contributed by atoms with Gasteiger partial charge in [-0.05, 0) is 36.0 Å². The minimum Gasteiger partial charge on any atom is -0.378 e. The lowest BCUT2D eigenvalue weighted by atomic mass is 10.2. The summed E-state index contributed by atoms with van der Waals surface area (Å²) in [6, 6.07) is 16.1. The van der Waals surface area contributed by atoms with E-state index < -0.39 is 0 Å². The summed E-state index contributed by atoms with van der Waals surface area (Å²) < 4.78 is 0. The highest BCUT2D eigenvalue weighted by molar-refractivity contribution is 7.80. The molecule has 0 saturated heterocycles. The van der Waals surface area contributed by atoms with Gasteiger partial charge >= 0.3 is 0 Å². The Balaban J connectivity index is 1.51. The number of H-pyrrole nitrogens is 1. The minimum absolute atomic E-state index is 0.322. The van der Waals surface area contributed by atoms with Gasteiger partial charge in [0.1, 0.15) is 0 Å². The van der Waals surface area contributed by atoms with E-state index in [9.17, 15) is 0 Å². The Hall–Kier alpha value is -3.19. The van der Waals surface area contributed by atoms with Gasteiger partial charge in [0.25, 0.3) is 0 Å². The lowest BCUT2D eigenvalue weighted by Crippen LogP contribution is -2.28. The third-order valence-corrected chi connectivity index (χ3v) is 3.96. The fourth-order valence-corrected chi connectivity index (χ4v) is 2.52. The summed E-state index contributed by atoms with van der Waals surface area (Å²) in [5, 5.41) is 9.68. The molecule has 0 fully saturated rings. The molecule has 26 heavy (non-hydrogen) atoms. The third-order valence-electron chi connectivity index (χ3n) is 3.78. The van der Waals surface area contributed by atoms with Crippen molar-refractivity contribution in [1.29, 1.82) is 0 Å². The summed E-state index contributed by atoms with van der Waals surface area (Å²) in [5.41, 5.74) is 9.67. The predicted molar refractivity (Wildman–Crippen MR) is 113 cm³/mol. The predicted octanol–water partition coefficient (Wildman–Crippen LogP) is 3.07. The number of anilines is 1. The lowest BCUT2D eigenvalue weighted by Gasteiger charge is -2.11. The van der Waals surface area contributed by atoms with Crippen LogP contribution in [-0.2, 0) is 0 Å². The first-order valence-electron chi connectivity index (χ1n) is 8.09. The summed E-state index contributed by atoms with van der Waals surface area (Å²) in [5.74, 6) is 0. The van der Waals surface area contributed by atoms with Gasteiger partial charge in [-0.25, -0.2) is 0 Å². The smallest absolute Gasteiger partial charge is 0.207 e. The maximum atomic E-state index is 5.15. The van der Waals surface area contributed by atoms with Gasteiger partial charge < -0.3 is 9.88 Å². The number of nitrogens with zero attached hydrogens (tertiary/aromatic N) is 3. The van der Waals surface area contributed by atoms with Crippen LogP contribution in [0, 0.1) is 0 Å². The standard InChI is InChI=1S/C19H20N6S/c1-25(2)16-9-7-14(8-10-16)11-21-23-19(26)24-22-13-15-12-20-18-6-4-3-5-17(15)18/h3-13,20H,1-2H3,(H2,23,24,26)/b21-11+,22-13+. The Labute approximate surface area is 157 Å². The van der Waals surface area contributed by atoms with Crippen molar-refractivity contribution >= 4 is 46.3 Å². The molecule has 0 radical (unpaired) electrons. The van der Waals surface area contributed by atoms with E-state index in [-0.39, 0.29) is 0 Å². The number of hydrazone groups is 2. The van der Waals surface area contributed by atoms with Crippen molar-refractivity contribution in [2.24, 2.45) is 10.2 Å². The van der Waals surface area contributed by atoms with Crippen LogP contribution in [0.4, 0.5) is 5.69 Å². The molecular formula is C19H20N6S. The van der Waals surface area contributed by atoms with Crippen molar-refractivity contribution in [3.05, 3.63) is 65.9 Å². The average molecular weight is 364 g/mol. The number of fused-ring (bicyclic) bond motifs is 1. The van der Waals surface area contributed by atoms with Crippen molar-refractivity contribution in [3.8, 4) is 0 Å². The van der Waals surface area contributed by atoms with Gasteiger partial charge in [0, 0.05) is 42.4 Å². The number of nitrogens with one attached hydrogen (secondary N) is 3. The molecule has 132 valence electrons. The molecule has 0 saturated carbocycles. The molecule has 1 heterocycles. The Morgan fingerprint density at radius 1 is 1.00 bits per heavy atom. The van der Waals surface area contributed by atoms with Gasteiger partial charge in [-0.15, -0.1) is 0 Å². The summed E-state index contributed by atoms with van der Waals surface area (Å²) in [6.07, 6.45) is 5.33. The van der Waals surface area contributed by atoms with Crippen LogP contribution in [0.1, 0.15) is 11.1 Å². The van der Waals surface area contributed by atoms with Crippen LogP contribution in [0.2, 0.25) is 0 Å². The Morgan fingerprint density at radius 2 is 1.69 bits per heavy atom. The second-order valence-electron chi connectivity index (χ2n) is 5.84. The van der Waals surface area contributed by atoms with E-state index in [4.69, 9.17) is 12.2 Å². The molecule has 2 aromatic carbocycles. The summed E-state index contributed by atoms with van der Waals surface area (Å²) in [4.78, 5) is 5.24. The van der Waals surface area contributed by atoms with Gasteiger partial charge in [-0.1, -0.05) is 30.3 Å². The van der Waals surface area contributed by atoms with Gasteiger partial charge in [0.15, 0.2) is 0 Å². The van der Waals surface area contributed by atoms with Crippen LogP contribution in [0.3, 0.4) is 0 Å². The fourth-order valence-electron chi connectivity index (χ4n) is 2.41. The van der Waals surface area contributed by atoms with E-state index in [0.29, 0.717) is 5.11 Å². The van der Waals surface area contributed by atoms with Crippen LogP contribution in [-0.4, -0.2) is 36.6 Å². The molecule has 0 aliphatic rings. The molecule has 0 aliphatic carbocycles. The molecule has 3 rings (SSSR count). The highest BCUT2D eigenvalue weighted by Crippen LogP contribution is 2.15. The van der Waals surface area contributed by atoms with Crippen molar-refractivity contribution in [2.75, 3.05) is 19.0 Å². The second-order valence-corrected chi connectivity index (χ2v) is 6.25. The maximum Gasteiger partial charge on any atom is 0.207 e. The first kappa shape index (κ1) is 17.6. The normalized spacial score (nSPS) is 11.3. The molecule has 1 aromatic heterocycles. The zero-order valence-electron chi connectivity index (χ0n) is 14.6. The highest BCUT2D eigenvalue weighted by atomic mass is 32.1. The summed E-state index contributed by atoms with van der Waals surface area (Å²) in [7, 11) is 4.01. The van der Waals surface area contributed by atoms with Gasteiger partial charge in [0.2, 0.25) is 5.11 Å². The van der Waals surface area contributed by atoms with E-state index in [1.54, 1.807) is 12.4 Å². The van der Waals surface area contributed by atoms with Crippen molar-refractivity contribution in [2.45, 2.75) is 0 Å². The van der Waals surface area contributed by atoms with Crippen LogP contribution in [0.5, 0.6) is 0 Å². The molecule has 0 atom stereocenters. The zero-order chi connectivity index (χ0) is 18.4. The highest BCUT2D eigenvalue weighted by Gasteiger charge is 1.99. The molecule has 6 nitrogen and oxygen atoms in total. The number of hydrogen-bond donors (Lipinski definition) is 3. The van der Waals surface area contributed by atoms with Crippen LogP contribution in [0.25, 0.3) is 10.9 Å². The van der Waals surface area contributed by atoms with Crippen molar-refractivity contribution in [3.63, 3.8) is 0 Å². The number of para-hydroxylation sites is 1. The topological polar surface area (TPSA) is 67.8 Å². The number of benzene rings is 2. The lowest BCUT2D eigenvalue weighted by molar-refractivity contribution is 0.935. The van der Waals surface area contributed by atoms with Crippen molar-refractivity contribution in [1.82, 2.24) is 15.8 Å². The van der Waals surface area contributed by atoms with E-state index in [1.165, 1.54) is 0 Å². The average Bonchev–Trinajstić information content (AvgIpc) is 3.05. The molecule has 0 aliphatic heterocycles. The number of thiocarbonyl (C=S) groups is 1. The summed E-state index contributed by atoms with van der Waals surface area (Å²) in [6.45, 7) is 0. The monoisotopic (exact) mass is 364 g/mol. The molecule has 3 N–H and O–H groups in total. The van der Waals surface area contributed by atoms with Crippen molar-refractivity contribution < 1.29 is 0 Å². The number of rotatable bonds is 5. The first-order chi connectivity index (χ1) is 12.6. The molecule has 0 unspecified atom stereocenters. The quantitative estimate of drug-likeness (QED) is 0.370. The van der Waals surface area contributed by atoms with E-state index in [1.807, 2.05) is 73.7 Å². The molecule has 0 amide bonds. The second kappa shape index (κ2) is 8.26. The number of aromatic amines is 1. The van der Waals surface area contributed by atoms with E-state index in [0.717, 1.165) is 27.7 Å². The zero-order valence-corrected chi connectivity index (χ0v) is 15.4. The van der Waals surface area contributed by atoms with Gasteiger partial charge in [-0.3, -0.25) is 10.9 Å². The number of hydrogen-bond acceptors (Lipinski definition) is 4. The van der Waals surface area contributed by atoms with Crippen LogP contribution in [0.15, 0.2) is 64.9 Å². The largest absolute Gasteiger partial charge is 0.378 e. The van der Waals surface area contributed by atoms with E-state index in [2.05, 4.69) is 26.0 Å². The molecule has 3 aromatic rings. The first-order valence-corrected chi connectivity index (χ1v) is 8.50. The molecule has 7 heteroatoms. The van der Waals surface area contributed by atoms with Crippen LogP contribution >= 0.6 is 12.2 Å². The Morgan fingerprint density at radius 3 is 2.42 bits per heavy atom. The van der Waals surface area contributed by atoms with Crippen LogP contribution < -0.4 is 15.8 Å². The fraction of sp³-hybridized carbons (Fsp3) is 0.105. The molecule has 0 spiro atoms. The Bertz CT molecular complexity index is 940. The van der Waals surface area contributed by atoms with Gasteiger partial charge in [-0.2, -0.15) is 10.2 Å². The van der Waals surface area contributed by atoms with E-state index >= 15 is 0 Å². The molecule has 0 bridgehead atoms. The molecular weight excluding hydrogens is 344 g/mol. The Kier molecular flexibility index (Phi) is 5.60. The SMILES string of the molecule is CN(C)c1ccc(/C=N/NC(=S)N/N=C/c2c[nH]c3ccccc23)cc1. The third kappa shape index (κ3) is 4.46. The van der Waals surface area contributed by atoms with Gasteiger partial charge in [0.05, 0.1) is 12.4 Å². The number of aromatic nitrogens is 1.